The third kappa shape index (κ3) is 18.1. The SMILES string of the molecule is CC(C)(C)OC(=O)N[C@@H](CCCCNC(=O)OCc1ccccc1)c1nnc([C@H](CCCCNC(=O)OCc2ccccc2)NC(=O)OC(C)(C)C)o1. The monoisotopic (exact) mass is 738 g/mol. The highest BCUT2D eigenvalue weighted by atomic mass is 16.6. The van der Waals surface area contributed by atoms with E-state index in [1.807, 2.05) is 60.7 Å². The highest BCUT2D eigenvalue weighted by Gasteiger charge is 2.28. The lowest BCUT2D eigenvalue weighted by atomic mass is 10.1. The van der Waals surface area contributed by atoms with Gasteiger partial charge in [0.25, 0.3) is 0 Å². The molecule has 0 bridgehead atoms. The number of aromatic nitrogens is 2. The molecular weight excluding hydrogens is 684 g/mol. The molecule has 0 radical (unpaired) electrons. The van der Waals surface area contributed by atoms with Crippen LogP contribution in [0.5, 0.6) is 0 Å². The van der Waals surface area contributed by atoms with E-state index in [1.54, 1.807) is 41.5 Å². The van der Waals surface area contributed by atoms with Gasteiger partial charge < -0.3 is 44.6 Å². The summed E-state index contributed by atoms with van der Waals surface area (Å²) in [5, 5.41) is 19.5. The molecule has 290 valence electrons. The van der Waals surface area contributed by atoms with Crippen molar-refractivity contribution in [1.82, 2.24) is 31.5 Å². The van der Waals surface area contributed by atoms with E-state index in [0.29, 0.717) is 51.6 Å². The number of rotatable bonds is 18. The molecule has 53 heavy (non-hydrogen) atoms. The Bertz CT molecular complexity index is 1440. The van der Waals surface area contributed by atoms with Crippen LogP contribution in [0, 0.1) is 0 Å². The molecule has 3 aromatic rings. The van der Waals surface area contributed by atoms with Crippen LogP contribution >= 0.6 is 0 Å². The van der Waals surface area contributed by atoms with Crippen molar-refractivity contribution < 1.29 is 42.5 Å². The highest BCUT2D eigenvalue weighted by molar-refractivity contribution is 5.69. The maximum absolute atomic E-state index is 12.8. The van der Waals surface area contributed by atoms with Gasteiger partial charge in [0.2, 0.25) is 11.8 Å². The van der Waals surface area contributed by atoms with Crippen LogP contribution in [0.15, 0.2) is 65.1 Å². The number of nitrogens with one attached hydrogen (secondary N) is 4. The van der Waals surface area contributed by atoms with E-state index in [9.17, 15) is 19.2 Å². The molecule has 0 aliphatic heterocycles. The van der Waals surface area contributed by atoms with Gasteiger partial charge in [-0.1, -0.05) is 60.7 Å². The maximum atomic E-state index is 12.8. The Labute approximate surface area is 311 Å². The second kappa shape index (κ2) is 21.2. The van der Waals surface area contributed by atoms with Crippen molar-refractivity contribution in [3.05, 3.63) is 83.6 Å². The van der Waals surface area contributed by atoms with Gasteiger partial charge >= 0.3 is 24.4 Å². The van der Waals surface area contributed by atoms with Crippen LogP contribution in [0.1, 0.15) is 115 Å². The number of ether oxygens (including phenoxy) is 4. The van der Waals surface area contributed by atoms with E-state index in [-0.39, 0.29) is 25.0 Å². The molecule has 0 saturated heterocycles. The van der Waals surface area contributed by atoms with Gasteiger partial charge in [0.1, 0.15) is 36.5 Å². The van der Waals surface area contributed by atoms with Crippen molar-refractivity contribution in [3.8, 4) is 0 Å². The number of unbranched alkanes of at least 4 members (excludes halogenated alkanes) is 2. The Morgan fingerprint density at radius 1 is 0.585 bits per heavy atom. The van der Waals surface area contributed by atoms with Crippen LogP contribution in [0.3, 0.4) is 0 Å². The molecule has 1 heterocycles. The minimum Gasteiger partial charge on any atom is -0.445 e. The molecule has 0 spiro atoms. The third-order valence-corrected chi connectivity index (χ3v) is 7.24. The second-order valence-corrected chi connectivity index (χ2v) is 14.3. The van der Waals surface area contributed by atoms with E-state index in [1.165, 1.54) is 0 Å². The van der Waals surface area contributed by atoms with Gasteiger partial charge in [0.15, 0.2) is 0 Å². The molecule has 0 aliphatic rings. The predicted octanol–water partition coefficient (Wildman–Crippen LogP) is 7.39. The number of benzene rings is 2. The minimum atomic E-state index is -0.741. The summed E-state index contributed by atoms with van der Waals surface area (Å²) in [6.07, 6.45) is 0.674. The van der Waals surface area contributed by atoms with Gasteiger partial charge in [-0.3, -0.25) is 0 Å². The predicted molar refractivity (Wildman–Crippen MR) is 195 cm³/mol. The summed E-state index contributed by atoms with van der Waals surface area (Å²) in [5.41, 5.74) is 0.285. The zero-order chi connectivity index (χ0) is 38.7. The Hall–Kier alpha value is -5.34. The molecule has 3 rings (SSSR count). The first-order chi connectivity index (χ1) is 25.2. The van der Waals surface area contributed by atoms with Crippen LogP contribution in [-0.4, -0.2) is 58.9 Å². The van der Waals surface area contributed by atoms with Crippen molar-refractivity contribution in [3.63, 3.8) is 0 Å². The average molecular weight is 739 g/mol. The second-order valence-electron chi connectivity index (χ2n) is 14.3. The molecule has 1 aromatic heterocycles. The van der Waals surface area contributed by atoms with E-state index in [2.05, 4.69) is 31.5 Å². The summed E-state index contributed by atoms with van der Waals surface area (Å²) >= 11 is 0. The van der Waals surface area contributed by atoms with E-state index < -0.39 is 47.7 Å². The lowest BCUT2D eigenvalue weighted by molar-refractivity contribution is 0.0488. The first kappa shape index (κ1) is 42.1. The number of carbonyl (C=O) groups is 4. The minimum absolute atomic E-state index is 0.125. The van der Waals surface area contributed by atoms with Crippen molar-refractivity contribution in [2.45, 2.75) is 117 Å². The molecule has 0 fully saturated rings. The van der Waals surface area contributed by atoms with Gasteiger partial charge in [-0.15, -0.1) is 10.2 Å². The smallest absolute Gasteiger partial charge is 0.408 e. The number of hydrogen-bond acceptors (Lipinski definition) is 11. The summed E-state index contributed by atoms with van der Waals surface area (Å²) in [6, 6.07) is 17.3. The Kier molecular flexibility index (Phi) is 16.9. The average Bonchev–Trinajstić information content (AvgIpc) is 3.58. The van der Waals surface area contributed by atoms with Gasteiger partial charge in [-0.25, -0.2) is 19.2 Å². The zero-order valence-electron chi connectivity index (χ0n) is 31.6. The van der Waals surface area contributed by atoms with Crippen LogP contribution in [-0.2, 0) is 32.2 Å². The highest BCUT2D eigenvalue weighted by Crippen LogP contribution is 2.25. The lowest BCUT2D eigenvalue weighted by Gasteiger charge is -2.23. The summed E-state index contributed by atoms with van der Waals surface area (Å²) in [6.45, 7) is 11.6. The van der Waals surface area contributed by atoms with E-state index in [4.69, 9.17) is 23.4 Å². The maximum Gasteiger partial charge on any atom is 0.408 e. The Balaban J connectivity index is 1.58. The Morgan fingerprint density at radius 3 is 1.32 bits per heavy atom. The molecule has 2 atom stereocenters. The fourth-order valence-electron chi connectivity index (χ4n) is 4.82. The standard InChI is InChI=1S/C38H54N6O9/c1-37(2,3)52-35(47)41-29(21-13-15-23-39-33(45)49-25-27-17-9-7-10-18-27)31-43-44-32(51-31)30(42-36(48)53-38(4,5)6)22-14-16-24-40-34(46)50-26-28-19-11-8-12-20-28/h7-12,17-20,29-30H,13-16,21-26H2,1-6H3,(H,39,45)(H,40,46)(H,41,47)(H,42,48)/t29-,30-/m0/s1. The molecule has 4 N–H and O–H groups in total. The number of alkyl carbamates (subject to hydrolysis) is 4. The fraction of sp³-hybridized carbons (Fsp3) is 0.526. The van der Waals surface area contributed by atoms with Crippen molar-refractivity contribution in [2.75, 3.05) is 13.1 Å². The third-order valence-electron chi connectivity index (χ3n) is 7.24. The quantitative estimate of drug-likeness (QED) is 0.0751. The molecule has 0 saturated carbocycles. The summed E-state index contributed by atoms with van der Waals surface area (Å²) in [7, 11) is 0. The molecule has 15 heteroatoms. The van der Waals surface area contributed by atoms with Crippen LogP contribution in [0.2, 0.25) is 0 Å². The normalized spacial score (nSPS) is 12.5. The molecule has 4 amide bonds. The van der Waals surface area contributed by atoms with E-state index in [0.717, 1.165) is 11.1 Å². The molecular formula is C38H54N6O9. The molecule has 2 aromatic carbocycles. The van der Waals surface area contributed by atoms with Gasteiger partial charge in [-0.2, -0.15) is 0 Å². The topological polar surface area (TPSA) is 192 Å². The summed E-state index contributed by atoms with van der Waals surface area (Å²) < 4.78 is 27.5. The van der Waals surface area contributed by atoms with Gasteiger partial charge in [0, 0.05) is 13.1 Å². The molecule has 15 nitrogen and oxygen atoms in total. The van der Waals surface area contributed by atoms with Crippen LogP contribution in [0.4, 0.5) is 19.2 Å². The van der Waals surface area contributed by atoms with Crippen molar-refractivity contribution >= 4 is 24.4 Å². The fourth-order valence-corrected chi connectivity index (χ4v) is 4.82. The number of nitrogens with zero attached hydrogens (tertiary/aromatic N) is 2. The van der Waals surface area contributed by atoms with Crippen LogP contribution < -0.4 is 21.3 Å². The Morgan fingerprint density at radius 2 is 0.962 bits per heavy atom. The van der Waals surface area contributed by atoms with Gasteiger partial charge in [0.05, 0.1) is 0 Å². The van der Waals surface area contributed by atoms with Crippen molar-refractivity contribution in [2.24, 2.45) is 0 Å². The summed E-state index contributed by atoms with van der Waals surface area (Å²) in [5.74, 6) is 0.250. The number of amides is 4. The van der Waals surface area contributed by atoms with E-state index >= 15 is 0 Å². The molecule has 0 unspecified atom stereocenters. The first-order valence-electron chi connectivity index (χ1n) is 17.9. The summed E-state index contributed by atoms with van der Waals surface area (Å²) in [4.78, 5) is 49.9. The largest absolute Gasteiger partial charge is 0.445 e. The lowest BCUT2D eigenvalue weighted by Crippen LogP contribution is -2.35. The van der Waals surface area contributed by atoms with Gasteiger partial charge in [-0.05, 0) is 91.2 Å². The van der Waals surface area contributed by atoms with Crippen LogP contribution in [0.25, 0.3) is 0 Å². The number of hydrogen-bond donors (Lipinski definition) is 4. The number of carbonyl (C=O) groups excluding carboxylic acids is 4. The first-order valence-corrected chi connectivity index (χ1v) is 17.9. The molecule has 0 aliphatic carbocycles. The van der Waals surface area contributed by atoms with Crippen molar-refractivity contribution in [1.29, 1.82) is 0 Å². The zero-order valence-corrected chi connectivity index (χ0v) is 31.6.